The maximum absolute atomic E-state index is 11.0. The fraction of sp³-hybridized carbons (Fsp3) is 0.714. The molecule has 68 valence electrons. The zero-order valence-electron chi connectivity index (χ0n) is 6.82. The predicted octanol–water partition coefficient (Wildman–Crippen LogP) is -1.03. The molecule has 0 radical (unpaired) electrons. The van der Waals surface area contributed by atoms with Crippen LogP contribution in [0.25, 0.3) is 0 Å². The van der Waals surface area contributed by atoms with Gasteiger partial charge in [0.05, 0.1) is 19.2 Å². The second-order valence-electron chi connectivity index (χ2n) is 2.81. The monoisotopic (exact) mass is 173 g/mol. The number of carboxylic acids is 1. The third-order valence-corrected chi connectivity index (χ3v) is 1.81. The Balaban J connectivity index is 2.45. The molecule has 5 heteroatoms. The summed E-state index contributed by atoms with van der Waals surface area (Å²) in [5, 5.41) is 8.44. The van der Waals surface area contributed by atoms with Crippen LogP contribution in [0, 0.1) is 0 Å². The van der Waals surface area contributed by atoms with E-state index in [0.717, 1.165) is 0 Å². The summed E-state index contributed by atoms with van der Waals surface area (Å²) in [6, 6.07) is -0.374. The number of hydrogen-bond donors (Lipinski definition) is 1. The van der Waals surface area contributed by atoms with E-state index in [1.807, 2.05) is 0 Å². The second kappa shape index (κ2) is 3.64. The van der Waals surface area contributed by atoms with E-state index >= 15 is 0 Å². The van der Waals surface area contributed by atoms with E-state index in [1.165, 1.54) is 4.90 Å². The van der Waals surface area contributed by atoms with Crippen molar-refractivity contribution in [3.05, 3.63) is 0 Å². The van der Waals surface area contributed by atoms with Crippen LogP contribution in [0.2, 0.25) is 0 Å². The second-order valence-corrected chi connectivity index (χ2v) is 2.81. The summed E-state index contributed by atoms with van der Waals surface area (Å²) in [6.07, 6.45) is 0. The molecule has 0 amide bonds. The maximum Gasteiger partial charge on any atom is 0.317 e. The van der Waals surface area contributed by atoms with Crippen molar-refractivity contribution >= 4 is 11.8 Å². The number of aliphatic carboxylic acids is 1. The van der Waals surface area contributed by atoms with Crippen molar-refractivity contribution in [2.45, 2.75) is 6.04 Å². The van der Waals surface area contributed by atoms with Crippen LogP contribution in [0.15, 0.2) is 0 Å². The Bertz CT molecular complexity index is 204. The molecule has 0 aliphatic carbocycles. The molecule has 0 spiro atoms. The highest BCUT2D eigenvalue weighted by atomic mass is 16.5. The average molecular weight is 173 g/mol. The van der Waals surface area contributed by atoms with E-state index in [0.29, 0.717) is 6.61 Å². The van der Waals surface area contributed by atoms with Gasteiger partial charge in [0, 0.05) is 0 Å². The van der Waals surface area contributed by atoms with Crippen LogP contribution in [0.3, 0.4) is 0 Å². The number of nitrogens with zero attached hydrogens (tertiary/aromatic N) is 1. The molecule has 0 aromatic carbocycles. The zero-order chi connectivity index (χ0) is 9.14. The first-order valence-corrected chi connectivity index (χ1v) is 3.63. The molecular formula is C7H11NO4. The van der Waals surface area contributed by atoms with Gasteiger partial charge in [0.1, 0.15) is 6.61 Å². The molecule has 1 saturated heterocycles. The van der Waals surface area contributed by atoms with Gasteiger partial charge < -0.3 is 9.84 Å². The Hall–Kier alpha value is -0.940. The third kappa shape index (κ3) is 2.02. The number of likely N-dealkylation sites (N-methyl/N-ethyl adjacent to an activating group) is 1. The topological polar surface area (TPSA) is 66.8 Å². The van der Waals surface area contributed by atoms with Crippen LogP contribution in [0.4, 0.5) is 0 Å². The van der Waals surface area contributed by atoms with Crippen LogP contribution in [-0.4, -0.2) is 54.6 Å². The van der Waals surface area contributed by atoms with Gasteiger partial charge in [0.25, 0.3) is 0 Å². The van der Waals surface area contributed by atoms with Gasteiger partial charge >= 0.3 is 5.97 Å². The highest BCUT2D eigenvalue weighted by Gasteiger charge is 2.29. The molecule has 1 aliphatic rings. The molecule has 12 heavy (non-hydrogen) atoms. The maximum atomic E-state index is 11.0. The summed E-state index contributed by atoms with van der Waals surface area (Å²) in [5.74, 6) is -0.976. The molecule has 1 N–H and O–H groups in total. The zero-order valence-corrected chi connectivity index (χ0v) is 6.82. The lowest BCUT2D eigenvalue weighted by Crippen LogP contribution is -2.40. The van der Waals surface area contributed by atoms with Crippen LogP contribution in [0.1, 0.15) is 0 Å². The van der Waals surface area contributed by atoms with E-state index in [1.54, 1.807) is 7.05 Å². The van der Waals surface area contributed by atoms with E-state index in [2.05, 4.69) is 0 Å². The van der Waals surface area contributed by atoms with Gasteiger partial charge in [-0.25, -0.2) is 0 Å². The normalized spacial score (nSPS) is 23.5. The molecule has 0 aromatic rings. The van der Waals surface area contributed by atoms with Crippen molar-refractivity contribution in [2.75, 3.05) is 26.8 Å². The molecule has 0 bridgehead atoms. The van der Waals surface area contributed by atoms with Gasteiger partial charge in [-0.15, -0.1) is 0 Å². The number of ketones is 1. The first-order valence-electron chi connectivity index (χ1n) is 3.63. The van der Waals surface area contributed by atoms with Gasteiger partial charge in [-0.05, 0) is 7.05 Å². The third-order valence-electron chi connectivity index (χ3n) is 1.81. The molecule has 1 unspecified atom stereocenters. The van der Waals surface area contributed by atoms with Gasteiger partial charge in [0.2, 0.25) is 0 Å². The van der Waals surface area contributed by atoms with Crippen molar-refractivity contribution < 1.29 is 19.4 Å². The SMILES string of the molecule is CN(CC(=O)O)C1COCC1=O. The number of carbonyl (C=O) groups is 2. The van der Waals surface area contributed by atoms with E-state index in [9.17, 15) is 9.59 Å². The summed E-state index contributed by atoms with van der Waals surface area (Å²) in [4.78, 5) is 22.8. The standard InChI is InChI=1S/C7H11NO4/c1-8(2-7(10)11)5-3-12-4-6(5)9/h5H,2-4H2,1H3,(H,10,11). The number of rotatable bonds is 3. The van der Waals surface area contributed by atoms with Crippen molar-refractivity contribution in [3.8, 4) is 0 Å². The molecule has 0 saturated carbocycles. The molecule has 0 aromatic heterocycles. The first-order chi connectivity index (χ1) is 5.61. The largest absolute Gasteiger partial charge is 0.480 e. The van der Waals surface area contributed by atoms with Crippen molar-refractivity contribution in [1.82, 2.24) is 4.90 Å². The first kappa shape index (κ1) is 9.15. The molecule has 1 aliphatic heterocycles. The van der Waals surface area contributed by atoms with Gasteiger partial charge in [-0.3, -0.25) is 14.5 Å². The van der Waals surface area contributed by atoms with Crippen molar-refractivity contribution in [1.29, 1.82) is 0 Å². The quantitative estimate of drug-likeness (QED) is 0.591. The Kier molecular flexibility index (Phi) is 2.78. The van der Waals surface area contributed by atoms with E-state index < -0.39 is 5.97 Å². The highest BCUT2D eigenvalue weighted by Crippen LogP contribution is 2.06. The van der Waals surface area contributed by atoms with Crippen LogP contribution in [-0.2, 0) is 14.3 Å². The average Bonchev–Trinajstić information content (AvgIpc) is 2.33. The summed E-state index contributed by atoms with van der Waals surface area (Å²) < 4.78 is 4.89. The molecule has 1 atom stereocenters. The fourth-order valence-corrected chi connectivity index (χ4v) is 1.16. The minimum atomic E-state index is -0.933. The summed E-state index contributed by atoms with van der Waals surface area (Å²) >= 11 is 0. The van der Waals surface area contributed by atoms with Crippen molar-refractivity contribution in [3.63, 3.8) is 0 Å². The van der Waals surface area contributed by atoms with Crippen LogP contribution < -0.4 is 0 Å². The molecule has 1 rings (SSSR count). The number of carboxylic acid groups (broad SMARTS) is 1. The Morgan fingerprint density at radius 3 is 2.92 bits per heavy atom. The molecule has 1 heterocycles. The summed E-state index contributed by atoms with van der Waals surface area (Å²) in [6.45, 7) is 0.289. The smallest absolute Gasteiger partial charge is 0.317 e. The lowest BCUT2D eigenvalue weighted by Gasteiger charge is -2.18. The summed E-state index contributed by atoms with van der Waals surface area (Å²) in [7, 11) is 1.60. The molecule has 1 fully saturated rings. The summed E-state index contributed by atoms with van der Waals surface area (Å²) in [5.41, 5.74) is 0. The Morgan fingerprint density at radius 2 is 2.50 bits per heavy atom. The molecular weight excluding hydrogens is 162 g/mol. The van der Waals surface area contributed by atoms with Gasteiger partial charge in [0.15, 0.2) is 5.78 Å². The number of ether oxygens (including phenoxy) is 1. The van der Waals surface area contributed by atoms with Crippen molar-refractivity contribution in [2.24, 2.45) is 0 Å². The Labute approximate surface area is 69.9 Å². The lowest BCUT2D eigenvalue weighted by atomic mass is 10.2. The lowest BCUT2D eigenvalue weighted by molar-refractivity contribution is -0.138. The van der Waals surface area contributed by atoms with Crippen LogP contribution >= 0.6 is 0 Å². The number of Topliss-reactive ketones (excluding diaryl/α,β-unsaturated/α-hetero) is 1. The predicted molar refractivity (Wildman–Crippen MR) is 39.9 cm³/mol. The van der Waals surface area contributed by atoms with E-state index in [4.69, 9.17) is 9.84 Å². The molecule has 5 nitrogen and oxygen atoms in total. The minimum absolute atomic E-state index is 0.0428. The van der Waals surface area contributed by atoms with Crippen LogP contribution in [0.5, 0.6) is 0 Å². The minimum Gasteiger partial charge on any atom is -0.480 e. The van der Waals surface area contributed by atoms with Gasteiger partial charge in [-0.1, -0.05) is 0 Å². The number of carbonyl (C=O) groups excluding carboxylic acids is 1. The number of hydrogen-bond acceptors (Lipinski definition) is 4. The van der Waals surface area contributed by atoms with E-state index in [-0.39, 0.29) is 25.0 Å². The fourth-order valence-electron chi connectivity index (χ4n) is 1.16. The van der Waals surface area contributed by atoms with Gasteiger partial charge in [-0.2, -0.15) is 0 Å². The Morgan fingerprint density at radius 1 is 1.83 bits per heavy atom. The highest BCUT2D eigenvalue weighted by molar-refractivity contribution is 5.87.